The monoisotopic (exact) mass is 512 g/mol. The molecular formula is C24H18BrClN2O4. The molecule has 2 heterocycles. The normalized spacial score (nSPS) is 22.4. The number of amides is 2. The van der Waals surface area contributed by atoms with Crippen LogP contribution in [0.5, 0.6) is 5.75 Å². The second-order valence-corrected chi connectivity index (χ2v) is 8.78. The molecule has 0 aromatic heterocycles. The Hall–Kier alpha value is -2.87. The van der Waals surface area contributed by atoms with Crippen molar-refractivity contribution in [3.63, 3.8) is 0 Å². The molecular weight excluding hydrogens is 496 g/mol. The van der Waals surface area contributed by atoms with Crippen molar-refractivity contribution in [1.82, 2.24) is 0 Å². The van der Waals surface area contributed by atoms with E-state index < -0.39 is 24.0 Å². The number of hydroxylamine groups is 1. The summed E-state index contributed by atoms with van der Waals surface area (Å²) in [6.45, 7) is 0. The van der Waals surface area contributed by atoms with Gasteiger partial charge in [0.05, 0.1) is 34.0 Å². The highest BCUT2D eigenvalue weighted by Gasteiger charge is 2.60. The fraction of sp³-hybridized carbons (Fsp3) is 0.167. The molecule has 0 bridgehead atoms. The van der Waals surface area contributed by atoms with E-state index in [1.807, 2.05) is 48.5 Å². The molecule has 2 aliphatic heterocycles. The number of nitrogens with zero attached hydrogens (tertiary/aromatic N) is 2. The highest BCUT2D eigenvalue weighted by molar-refractivity contribution is 9.10. The standard InChI is InChI=1S/C24H18BrClN2O4/c1-31-19-12-11-14(13-16(19)25)21-20-22(32-28(21)15-7-3-2-4-8-15)24(30)27(23(20)29)18-10-6-5-9-17(18)26/h2-13,20-22H,1H3/t20-,21+,22+/m1/s1. The first-order valence-electron chi connectivity index (χ1n) is 9.98. The Balaban J connectivity index is 1.61. The van der Waals surface area contributed by atoms with E-state index in [-0.39, 0.29) is 5.91 Å². The number of halogens is 2. The summed E-state index contributed by atoms with van der Waals surface area (Å²) in [7, 11) is 1.59. The van der Waals surface area contributed by atoms with E-state index in [2.05, 4.69) is 15.9 Å². The van der Waals surface area contributed by atoms with Gasteiger partial charge in [-0.3, -0.25) is 14.4 Å². The van der Waals surface area contributed by atoms with Crippen LogP contribution >= 0.6 is 27.5 Å². The van der Waals surface area contributed by atoms with Crippen LogP contribution in [0.2, 0.25) is 5.02 Å². The molecule has 8 heteroatoms. The van der Waals surface area contributed by atoms with Crippen LogP contribution in [0.25, 0.3) is 0 Å². The Labute approximate surface area is 198 Å². The molecule has 0 aliphatic carbocycles. The van der Waals surface area contributed by atoms with Gasteiger partial charge in [0.1, 0.15) is 11.7 Å². The zero-order chi connectivity index (χ0) is 22.4. The molecule has 5 rings (SSSR count). The Morgan fingerprint density at radius 3 is 2.38 bits per heavy atom. The largest absolute Gasteiger partial charge is 0.496 e. The van der Waals surface area contributed by atoms with Crippen molar-refractivity contribution in [3.05, 3.63) is 87.9 Å². The fourth-order valence-corrected chi connectivity index (χ4v) is 5.07. The second kappa shape index (κ2) is 8.24. The summed E-state index contributed by atoms with van der Waals surface area (Å²) < 4.78 is 6.10. The van der Waals surface area contributed by atoms with Gasteiger partial charge in [-0.05, 0) is 57.9 Å². The predicted molar refractivity (Wildman–Crippen MR) is 125 cm³/mol. The van der Waals surface area contributed by atoms with Gasteiger partial charge in [0.25, 0.3) is 5.91 Å². The van der Waals surface area contributed by atoms with Crippen LogP contribution in [0.15, 0.2) is 77.3 Å². The zero-order valence-electron chi connectivity index (χ0n) is 16.9. The van der Waals surface area contributed by atoms with E-state index in [0.717, 1.165) is 20.6 Å². The molecule has 0 radical (unpaired) electrons. The van der Waals surface area contributed by atoms with Crippen LogP contribution < -0.4 is 14.7 Å². The smallest absolute Gasteiger partial charge is 0.266 e. The first-order chi connectivity index (χ1) is 15.5. The van der Waals surface area contributed by atoms with Crippen LogP contribution in [0.4, 0.5) is 11.4 Å². The number of fused-ring (bicyclic) bond motifs is 1. The van der Waals surface area contributed by atoms with Crippen LogP contribution in [-0.2, 0) is 14.4 Å². The molecule has 32 heavy (non-hydrogen) atoms. The molecule has 162 valence electrons. The summed E-state index contributed by atoms with van der Waals surface area (Å²) in [6, 6.07) is 21.3. The van der Waals surface area contributed by atoms with Crippen LogP contribution in [-0.4, -0.2) is 25.0 Å². The van der Waals surface area contributed by atoms with E-state index in [1.165, 1.54) is 0 Å². The Bertz CT molecular complexity index is 1210. The van der Waals surface area contributed by atoms with Gasteiger partial charge in [0.15, 0.2) is 6.10 Å². The third-order valence-electron chi connectivity index (χ3n) is 5.74. The molecule has 6 nitrogen and oxygen atoms in total. The van der Waals surface area contributed by atoms with Gasteiger partial charge in [0, 0.05) is 0 Å². The van der Waals surface area contributed by atoms with Gasteiger partial charge in [-0.1, -0.05) is 48.0 Å². The average molecular weight is 514 g/mol. The highest BCUT2D eigenvalue weighted by atomic mass is 79.9. The minimum Gasteiger partial charge on any atom is -0.496 e. The molecule has 2 fully saturated rings. The lowest BCUT2D eigenvalue weighted by Gasteiger charge is -2.29. The topological polar surface area (TPSA) is 59.1 Å². The molecule has 0 spiro atoms. The number of ether oxygens (including phenoxy) is 1. The lowest BCUT2D eigenvalue weighted by Crippen LogP contribution is -2.37. The third-order valence-corrected chi connectivity index (χ3v) is 6.68. The number of imide groups is 1. The summed E-state index contributed by atoms with van der Waals surface area (Å²) in [4.78, 5) is 34.2. The molecule has 0 unspecified atom stereocenters. The summed E-state index contributed by atoms with van der Waals surface area (Å²) in [5.41, 5.74) is 1.93. The van der Waals surface area contributed by atoms with E-state index in [1.54, 1.807) is 36.4 Å². The van der Waals surface area contributed by atoms with Crippen LogP contribution in [0, 0.1) is 5.92 Å². The number of carbonyl (C=O) groups excluding carboxylic acids is 2. The van der Waals surface area contributed by atoms with Gasteiger partial charge in [-0.2, -0.15) is 0 Å². The van der Waals surface area contributed by atoms with Crippen molar-refractivity contribution in [2.45, 2.75) is 12.1 Å². The molecule has 2 saturated heterocycles. The molecule has 3 aromatic carbocycles. The molecule has 0 N–H and O–H groups in total. The molecule has 3 atom stereocenters. The number of benzene rings is 3. The van der Waals surface area contributed by atoms with Crippen molar-refractivity contribution in [2.75, 3.05) is 17.1 Å². The summed E-state index contributed by atoms with van der Waals surface area (Å²) >= 11 is 9.83. The van der Waals surface area contributed by atoms with E-state index in [9.17, 15) is 9.59 Å². The maximum atomic E-state index is 13.6. The lowest BCUT2D eigenvalue weighted by molar-refractivity contribution is -0.126. The Kier molecular flexibility index (Phi) is 5.41. The number of hydrogen-bond acceptors (Lipinski definition) is 5. The first-order valence-corrected chi connectivity index (χ1v) is 11.1. The SMILES string of the molecule is COc1ccc([C@H]2[C@H]3C(=O)N(c4ccccc4Cl)C(=O)[C@H]3ON2c2ccccc2)cc1Br. The van der Waals surface area contributed by atoms with Gasteiger partial charge in [-0.25, -0.2) is 9.96 Å². The van der Waals surface area contributed by atoms with Gasteiger partial charge in [-0.15, -0.1) is 0 Å². The van der Waals surface area contributed by atoms with Crippen LogP contribution in [0.3, 0.4) is 0 Å². The average Bonchev–Trinajstić information content (AvgIpc) is 3.31. The summed E-state index contributed by atoms with van der Waals surface area (Å²) in [5, 5.41) is 1.99. The third kappa shape index (κ3) is 3.28. The fourth-order valence-electron chi connectivity index (χ4n) is 4.29. The van der Waals surface area contributed by atoms with Crippen molar-refractivity contribution in [3.8, 4) is 5.75 Å². The molecule has 2 aliphatic rings. The molecule has 2 amide bonds. The quantitative estimate of drug-likeness (QED) is 0.451. The minimum atomic E-state index is -0.954. The predicted octanol–water partition coefficient (Wildman–Crippen LogP) is 5.16. The van der Waals surface area contributed by atoms with Crippen molar-refractivity contribution >= 4 is 50.7 Å². The number of rotatable bonds is 4. The maximum absolute atomic E-state index is 13.6. The Morgan fingerprint density at radius 1 is 0.969 bits per heavy atom. The van der Waals surface area contributed by atoms with Crippen molar-refractivity contribution in [2.24, 2.45) is 5.92 Å². The number of carbonyl (C=O) groups is 2. The van der Waals surface area contributed by atoms with Crippen LogP contribution in [0.1, 0.15) is 11.6 Å². The lowest BCUT2D eigenvalue weighted by atomic mass is 9.90. The molecule has 0 saturated carbocycles. The Morgan fingerprint density at radius 2 is 1.69 bits per heavy atom. The van der Waals surface area contributed by atoms with Gasteiger partial charge < -0.3 is 4.74 Å². The van der Waals surface area contributed by atoms with E-state index in [0.29, 0.717) is 16.5 Å². The van der Waals surface area contributed by atoms with E-state index >= 15 is 0 Å². The highest BCUT2D eigenvalue weighted by Crippen LogP contribution is 2.49. The number of hydrogen-bond donors (Lipinski definition) is 0. The van der Waals surface area contributed by atoms with Crippen molar-refractivity contribution < 1.29 is 19.2 Å². The van der Waals surface area contributed by atoms with E-state index in [4.69, 9.17) is 21.2 Å². The first kappa shape index (κ1) is 21.0. The van der Waals surface area contributed by atoms with Crippen molar-refractivity contribution in [1.29, 1.82) is 0 Å². The maximum Gasteiger partial charge on any atom is 0.266 e. The summed E-state index contributed by atoms with van der Waals surface area (Å²) in [6.07, 6.45) is -0.954. The second-order valence-electron chi connectivity index (χ2n) is 7.52. The van der Waals surface area contributed by atoms with Gasteiger partial charge in [0.2, 0.25) is 5.91 Å². The summed E-state index contributed by atoms with van der Waals surface area (Å²) in [5.74, 6) is -0.839. The number of methoxy groups -OCH3 is 1. The number of anilines is 2. The minimum absolute atomic E-state index is 0.331. The zero-order valence-corrected chi connectivity index (χ0v) is 19.3. The van der Waals surface area contributed by atoms with Gasteiger partial charge >= 0.3 is 0 Å². The molecule has 3 aromatic rings. The number of para-hydroxylation sites is 2.